The van der Waals surface area contributed by atoms with E-state index < -0.39 is 5.60 Å². The second kappa shape index (κ2) is 8.75. The number of hydrogen-bond acceptors (Lipinski definition) is 5. The van der Waals surface area contributed by atoms with Gasteiger partial charge in [-0.3, -0.25) is 10.1 Å². The highest BCUT2D eigenvalue weighted by Crippen LogP contribution is 2.35. The Morgan fingerprint density at radius 1 is 1.06 bits per heavy atom. The number of rotatable bonds is 7. The van der Waals surface area contributed by atoms with Crippen molar-refractivity contribution in [3.63, 3.8) is 0 Å². The molecular weight excluding hydrogens is 404 g/mol. The lowest BCUT2D eigenvalue weighted by atomic mass is 9.95. The van der Waals surface area contributed by atoms with Crippen molar-refractivity contribution in [2.45, 2.75) is 39.2 Å². The van der Waals surface area contributed by atoms with Gasteiger partial charge < -0.3 is 14.2 Å². The first-order chi connectivity index (χ1) is 15.4. The van der Waals surface area contributed by atoms with Crippen molar-refractivity contribution in [3.8, 4) is 23.1 Å². The van der Waals surface area contributed by atoms with Gasteiger partial charge in [0.25, 0.3) is 5.91 Å². The maximum atomic E-state index is 12.4. The quantitative estimate of drug-likeness (QED) is 0.516. The fraction of sp³-hybridized carbons (Fsp3) is 0.231. The predicted octanol–water partition coefficient (Wildman–Crippen LogP) is 5.76. The summed E-state index contributed by atoms with van der Waals surface area (Å²) in [7, 11) is 0. The Balaban J connectivity index is 1.58. The highest BCUT2D eigenvalue weighted by Gasteiger charge is 2.43. The molecule has 0 spiro atoms. The van der Waals surface area contributed by atoms with Gasteiger partial charge in [-0.25, -0.2) is 4.98 Å². The lowest BCUT2D eigenvalue weighted by molar-refractivity contribution is -0.131. The summed E-state index contributed by atoms with van der Waals surface area (Å²) in [5.41, 5.74) is 1.50. The summed E-state index contributed by atoms with van der Waals surface area (Å²) in [5.74, 6) is 2.46. The van der Waals surface area contributed by atoms with Gasteiger partial charge in [-0.1, -0.05) is 43.2 Å². The molecule has 1 aliphatic heterocycles. The molecule has 0 saturated carbocycles. The number of aryl methyl sites for hydroxylation is 2. The van der Waals surface area contributed by atoms with Gasteiger partial charge in [0.15, 0.2) is 5.88 Å². The minimum atomic E-state index is -1.15. The van der Waals surface area contributed by atoms with E-state index in [-0.39, 0.29) is 11.8 Å². The van der Waals surface area contributed by atoms with Crippen molar-refractivity contribution >= 4 is 5.91 Å². The molecule has 1 amide bonds. The highest BCUT2D eigenvalue weighted by molar-refractivity contribution is 5.89. The fourth-order valence-electron chi connectivity index (χ4n) is 3.50. The van der Waals surface area contributed by atoms with Gasteiger partial charge >= 0.3 is 0 Å². The van der Waals surface area contributed by atoms with E-state index in [0.29, 0.717) is 22.9 Å². The van der Waals surface area contributed by atoms with Crippen molar-refractivity contribution in [2.75, 3.05) is 0 Å². The van der Waals surface area contributed by atoms with Gasteiger partial charge in [0, 0.05) is 11.6 Å². The van der Waals surface area contributed by atoms with Crippen molar-refractivity contribution < 1.29 is 19.0 Å². The lowest BCUT2D eigenvalue weighted by Gasteiger charge is -2.21. The zero-order chi connectivity index (χ0) is 22.7. The average molecular weight is 431 g/mol. The van der Waals surface area contributed by atoms with Gasteiger partial charge in [-0.2, -0.15) is 0 Å². The number of aromatic nitrogens is 1. The molecule has 0 unspecified atom stereocenters. The van der Waals surface area contributed by atoms with Gasteiger partial charge in [0.1, 0.15) is 17.2 Å². The van der Waals surface area contributed by atoms with E-state index in [4.69, 9.17) is 14.2 Å². The van der Waals surface area contributed by atoms with Crippen LogP contribution in [0.1, 0.15) is 37.1 Å². The molecule has 0 radical (unpaired) electrons. The van der Waals surface area contributed by atoms with Crippen LogP contribution in [0.25, 0.3) is 0 Å². The zero-order valence-electron chi connectivity index (χ0n) is 18.5. The molecular formula is C26H26N2O4. The SMILES string of the molecule is C=C1NC(=O)[C@@](C)(c2cccc(Oc3ccc(Oc4ccc(C)cc4)nc3CCC)c2)O1. The molecule has 6 nitrogen and oxygen atoms in total. The number of ether oxygens (including phenoxy) is 3. The van der Waals surface area contributed by atoms with E-state index in [1.54, 1.807) is 19.1 Å². The smallest absolute Gasteiger partial charge is 0.275 e. The molecule has 1 aliphatic rings. The van der Waals surface area contributed by atoms with Gasteiger partial charge in [0.05, 0.1) is 5.69 Å². The topological polar surface area (TPSA) is 69.7 Å². The maximum Gasteiger partial charge on any atom is 0.275 e. The van der Waals surface area contributed by atoms with Crippen LogP contribution in [0.3, 0.4) is 0 Å². The van der Waals surface area contributed by atoms with Crippen LogP contribution < -0.4 is 14.8 Å². The second-order valence-corrected chi connectivity index (χ2v) is 7.90. The third-order valence-corrected chi connectivity index (χ3v) is 5.26. The van der Waals surface area contributed by atoms with Gasteiger partial charge in [-0.15, -0.1) is 0 Å². The van der Waals surface area contributed by atoms with Crippen LogP contribution in [0.5, 0.6) is 23.1 Å². The molecule has 2 aromatic carbocycles. The van der Waals surface area contributed by atoms with Crippen LogP contribution in [0.15, 0.2) is 73.1 Å². The third kappa shape index (κ3) is 4.44. The van der Waals surface area contributed by atoms with E-state index in [1.807, 2.05) is 55.5 Å². The minimum Gasteiger partial charge on any atom is -0.458 e. The summed E-state index contributed by atoms with van der Waals surface area (Å²) in [6, 6.07) is 18.8. The Bertz CT molecular complexity index is 1160. The molecule has 32 heavy (non-hydrogen) atoms. The number of benzene rings is 2. The predicted molar refractivity (Wildman–Crippen MR) is 122 cm³/mol. The molecule has 0 bridgehead atoms. The summed E-state index contributed by atoms with van der Waals surface area (Å²) in [5, 5.41) is 2.61. The van der Waals surface area contributed by atoms with Crippen LogP contribution >= 0.6 is 0 Å². The molecule has 1 atom stereocenters. The van der Waals surface area contributed by atoms with Crippen molar-refractivity contribution in [2.24, 2.45) is 0 Å². The molecule has 1 aromatic heterocycles. The molecule has 6 heteroatoms. The first kappa shape index (κ1) is 21.4. The molecule has 4 rings (SSSR count). The standard InChI is InChI=1S/C26H26N2O4/c1-5-7-22-23(14-15-24(28-22)31-20-12-10-17(2)11-13-20)30-21-9-6-8-19(16-21)26(4)25(29)27-18(3)32-26/h6,8-16H,3,5,7H2,1-2,4H3,(H,27,29)/t26-/m1/s1. The Morgan fingerprint density at radius 2 is 1.84 bits per heavy atom. The lowest BCUT2D eigenvalue weighted by Crippen LogP contribution is -2.33. The Kier molecular flexibility index (Phi) is 5.86. The minimum absolute atomic E-state index is 0.238. The van der Waals surface area contributed by atoms with E-state index in [1.165, 1.54) is 5.56 Å². The third-order valence-electron chi connectivity index (χ3n) is 5.26. The molecule has 1 fully saturated rings. The van der Waals surface area contributed by atoms with Crippen LogP contribution in [0, 0.1) is 6.92 Å². The van der Waals surface area contributed by atoms with E-state index in [0.717, 1.165) is 24.3 Å². The number of nitrogens with one attached hydrogen (secondary N) is 1. The van der Waals surface area contributed by atoms with Gasteiger partial charge in [-0.05, 0) is 57.2 Å². The summed E-state index contributed by atoms with van der Waals surface area (Å²) >= 11 is 0. The number of hydrogen-bond donors (Lipinski definition) is 1. The molecule has 164 valence electrons. The van der Waals surface area contributed by atoms with E-state index in [9.17, 15) is 4.79 Å². The van der Waals surface area contributed by atoms with Crippen LogP contribution in [-0.4, -0.2) is 10.9 Å². The summed E-state index contributed by atoms with van der Waals surface area (Å²) in [6.07, 6.45) is 1.65. The van der Waals surface area contributed by atoms with Crippen LogP contribution in [-0.2, 0) is 21.6 Å². The van der Waals surface area contributed by atoms with E-state index in [2.05, 4.69) is 23.8 Å². The number of nitrogens with zero attached hydrogens (tertiary/aromatic N) is 1. The van der Waals surface area contributed by atoms with Crippen molar-refractivity contribution in [3.05, 3.63) is 89.9 Å². The number of amides is 1. The largest absolute Gasteiger partial charge is 0.458 e. The zero-order valence-corrected chi connectivity index (χ0v) is 18.5. The Hall–Kier alpha value is -3.80. The van der Waals surface area contributed by atoms with Crippen molar-refractivity contribution in [1.82, 2.24) is 10.3 Å². The first-order valence-electron chi connectivity index (χ1n) is 10.6. The van der Waals surface area contributed by atoms with Gasteiger partial charge in [0.2, 0.25) is 11.5 Å². The number of carbonyl (C=O) groups is 1. The molecule has 0 aliphatic carbocycles. The molecule has 1 saturated heterocycles. The van der Waals surface area contributed by atoms with Crippen molar-refractivity contribution in [1.29, 1.82) is 0 Å². The number of carbonyl (C=O) groups excluding carboxylic acids is 1. The molecule has 3 aromatic rings. The summed E-state index contributed by atoms with van der Waals surface area (Å²) in [4.78, 5) is 17.0. The van der Waals surface area contributed by atoms with Crippen LogP contribution in [0.4, 0.5) is 0 Å². The summed E-state index contributed by atoms with van der Waals surface area (Å²) < 4.78 is 17.7. The van der Waals surface area contributed by atoms with E-state index >= 15 is 0 Å². The Labute approximate surface area is 187 Å². The average Bonchev–Trinajstić information content (AvgIpc) is 3.04. The molecule has 1 N–H and O–H groups in total. The van der Waals surface area contributed by atoms with Crippen LogP contribution in [0.2, 0.25) is 0 Å². The molecule has 2 heterocycles. The normalized spacial score (nSPS) is 17.6. The monoisotopic (exact) mass is 430 g/mol. The summed E-state index contributed by atoms with van der Waals surface area (Å²) in [6.45, 7) is 9.51. The second-order valence-electron chi connectivity index (χ2n) is 7.90. The first-order valence-corrected chi connectivity index (χ1v) is 10.6. The highest BCUT2D eigenvalue weighted by atomic mass is 16.5. The maximum absolute atomic E-state index is 12.4. The fourth-order valence-corrected chi connectivity index (χ4v) is 3.50. The Morgan fingerprint density at radius 3 is 2.53 bits per heavy atom. The number of pyridine rings is 1.